The number of carboxylic acid groups (broad SMARTS) is 1. The van der Waals surface area contributed by atoms with Gasteiger partial charge in [0.15, 0.2) is 0 Å². The van der Waals surface area contributed by atoms with Gasteiger partial charge in [0, 0.05) is 6.08 Å². The van der Waals surface area contributed by atoms with Crippen LogP contribution < -0.4 is 5.32 Å². The number of allylic oxidation sites excluding steroid dienone is 7. The molecule has 0 fully saturated rings. The molecule has 0 saturated carbocycles. The van der Waals surface area contributed by atoms with E-state index in [1.807, 2.05) is 6.92 Å². The number of aliphatic carboxylic acids is 1. The van der Waals surface area contributed by atoms with Crippen LogP contribution in [0.3, 0.4) is 0 Å². The molecule has 0 aliphatic carbocycles. The van der Waals surface area contributed by atoms with Crippen molar-refractivity contribution < 1.29 is 14.7 Å². The third-order valence-electron chi connectivity index (χ3n) is 3.95. The van der Waals surface area contributed by atoms with Gasteiger partial charge in [-0.3, -0.25) is 9.59 Å². The summed E-state index contributed by atoms with van der Waals surface area (Å²) < 4.78 is 0. The van der Waals surface area contributed by atoms with Crippen LogP contribution in [-0.4, -0.2) is 23.5 Å². The van der Waals surface area contributed by atoms with Crippen molar-refractivity contribution in [3.05, 3.63) is 46.6 Å². The number of hydrogen-bond acceptors (Lipinski definition) is 2. The lowest BCUT2D eigenvalue weighted by Crippen LogP contribution is -2.27. The number of carbonyl (C=O) groups is 2. The predicted molar refractivity (Wildman–Crippen MR) is 109 cm³/mol. The molecule has 146 valence electrons. The topological polar surface area (TPSA) is 66.4 Å². The van der Waals surface area contributed by atoms with Crippen LogP contribution in [0.1, 0.15) is 73.1 Å². The summed E-state index contributed by atoms with van der Waals surface area (Å²) in [5.41, 5.74) is 5.13. The predicted octanol–water partition coefficient (Wildman–Crippen LogP) is 5.33. The highest BCUT2D eigenvalue weighted by Crippen LogP contribution is 2.13. The quantitative estimate of drug-likeness (QED) is 0.364. The van der Waals surface area contributed by atoms with Gasteiger partial charge < -0.3 is 10.4 Å². The lowest BCUT2D eigenvalue weighted by Gasteiger charge is -2.03. The van der Waals surface area contributed by atoms with E-state index < -0.39 is 5.97 Å². The summed E-state index contributed by atoms with van der Waals surface area (Å²) >= 11 is 0. The van der Waals surface area contributed by atoms with Crippen LogP contribution in [0, 0.1) is 0 Å². The molecule has 1 amide bonds. The molecule has 0 unspecified atom stereocenters. The zero-order chi connectivity index (χ0) is 19.9. The Morgan fingerprint density at radius 2 is 1.23 bits per heavy atom. The van der Waals surface area contributed by atoms with Crippen molar-refractivity contribution in [2.75, 3.05) is 6.54 Å². The van der Waals surface area contributed by atoms with Crippen molar-refractivity contribution in [1.29, 1.82) is 0 Å². The third-order valence-corrected chi connectivity index (χ3v) is 3.95. The maximum atomic E-state index is 11.5. The minimum Gasteiger partial charge on any atom is -0.480 e. The first-order valence-electron chi connectivity index (χ1n) is 9.32. The molecule has 0 atom stereocenters. The summed E-state index contributed by atoms with van der Waals surface area (Å²) in [5.74, 6) is -1.39. The van der Waals surface area contributed by atoms with Gasteiger partial charge in [-0.25, -0.2) is 0 Å². The summed E-state index contributed by atoms with van der Waals surface area (Å²) in [5, 5.41) is 10.8. The number of amides is 1. The van der Waals surface area contributed by atoms with Crippen molar-refractivity contribution in [3.8, 4) is 0 Å². The second-order valence-corrected chi connectivity index (χ2v) is 7.10. The average molecular weight is 362 g/mol. The Morgan fingerprint density at radius 3 is 1.69 bits per heavy atom. The Hall–Kier alpha value is -2.10. The van der Waals surface area contributed by atoms with E-state index in [4.69, 9.17) is 5.11 Å². The van der Waals surface area contributed by atoms with E-state index in [9.17, 15) is 9.59 Å². The molecule has 0 aromatic heterocycles. The fourth-order valence-corrected chi connectivity index (χ4v) is 2.39. The van der Waals surface area contributed by atoms with Gasteiger partial charge in [-0.1, -0.05) is 40.5 Å². The lowest BCUT2D eigenvalue weighted by atomic mass is 10.0. The van der Waals surface area contributed by atoms with Crippen molar-refractivity contribution in [1.82, 2.24) is 5.32 Å². The first-order chi connectivity index (χ1) is 12.2. The highest BCUT2D eigenvalue weighted by molar-refractivity contribution is 5.90. The Labute approximate surface area is 158 Å². The van der Waals surface area contributed by atoms with Crippen LogP contribution in [0.4, 0.5) is 0 Å². The highest BCUT2D eigenvalue weighted by atomic mass is 16.4. The van der Waals surface area contributed by atoms with Crippen LogP contribution in [0.15, 0.2) is 46.6 Å². The van der Waals surface area contributed by atoms with Gasteiger partial charge in [-0.2, -0.15) is 0 Å². The second kappa shape index (κ2) is 14.1. The molecule has 0 heterocycles. The summed E-state index contributed by atoms with van der Waals surface area (Å²) in [6, 6.07) is 0. The van der Waals surface area contributed by atoms with Gasteiger partial charge in [0.1, 0.15) is 6.54 Å². The molecule has 0 aromatic carbocycles. The fourth-order valence-electron chi connectivity index (χ4n) is 2.39. The van der Waals surface area contributed by atoms with E-state index in [0.717, 1.165) is 44.1 Å². The maximum Gasteiger partial charge on any atom is 0.322 e. The standard InChI is InChI=1S/C22H35NO3/c1-17(2)9-6-10-18(3)11-7-12-19(4)13-8-14-20(5)15-21(24)23-16-22(25)26/h9,11,13,15H,6-8,10,12,14,16H2,1-5H3,(H,23,24)(H,25,26). The van der Waals surface area contributed by atoms with Crippen LogP contribution in [0.25, 0.3) is 0 Å². The lowest BCUT2D eigenvalue weighted by molar-refractivity contribution is -0.137. The molecule has 0 aromatic rings. The molecular formula is C22H35NO3. The molecule has 0 aliphatic heterocycles. The van der Waals surface area contributed by atoms with Crippen molar-refractivity contribution in [3.63, 3.8) is 0 Å². The van der Waals surface area contributed by atoms with Gasteiger partial charge in [-0.05, 0) is 73.1 Å². The molecule has 0 saturated heterocycles. The van der Waals surface area contributed by atoms with E-state index >= 15 is 0 Å². The first kappa shape index (κ1) is 23.9. The Bertz CT molecular complexity index is 576. The Morgan fingerprint density at radius 1 is 0.769 bits per heavy atom. The van der Waals surface area contributed by atoms with Crippen molar-refractivity contribution in [2.45, 2.75) is 73.1 Å². The van der Waals surface area contributed by atoms with Crippen LogP contribution in [0.5, 0.6) is 0 Å². The SMILES string of the molecule is CC(C)=CCCC(C)=CCCC(C)=CCCC(C)=CC(=O)NCC(=O)O. The second-order valence-electron chi connectivity index (χ2n) is 7.10. The van der Waals surface area contributed by atoms with Crippen LogP contribution in [-0.2, 0) is 9.59 Å². The van der Waals surface area contributed by atoms with E-state index in [-0.39, 0.29) is 12.5 Å². The number of hydrogen-bond donors (Lipinski definition) is 2. The third kappa shape index (κ3) is 15.4. The van der Waals surface area contributed by atoms with E-state index in [2.05, 4.69) is 51.2 Å². The Balaban J connectivity index is 4.11. The zero-order valence-corrected chi connectivity index (χ0v) is 17.0. The summed E-state index contributed by atoms with van der Waals surface area (Å²) in [7, 11) is 0. The molecular weight excluding hydrogens is 326 g/mol. The molecule has 26 heavy (non-hydrogen) atoms. The van der Waals surface area contributed by atoms with Crippen molar-refractivity contribution >= 4 is 11.9 Å². The fraction of sp³-hybridized carbons (Fsp3) is 0.545. The minimum absolute atomic E-state index is 0.344. The number of rotatable bonds is 12. The normalized spacial score (nSPS) is 12.7. The molecule has 0 radical (unpaired) electrons. The van der Waals surface area contributed by atoms with E-state index in [1.165, 1.54) is 22.8 Å². The summed E-state index contributed by atoms with van der Waals surface area (Å²) in [6.07, 6.45) is 14.4. The number of nitrogens with one attached hydrogen (secondary N) is 1. The van der Waals surface area contributed by atoms with Gasteiger partial charge in [-0.15, -0.1) is 0 Å². The molecule has 2 N–H and O–H groups in total. The maximum absolute atomic E-state index is 11.5. The van der Waals surface area contributed by atoms with E-state index in [1.54, 1.807) is 0 Å². The smallest absolute Gasteiger partial charge is 0.322 e. The molecule has 0 rings (SSSR count). The molecule has 4 nitrogen and oxygen atoms in total. The average Bonchev–Trinajstić information content (AvgIpc) is 2.52. The summed E-state index contributed by atoms with van der Waals surface area (Å²) in [6.45, 7) is 10.1. The van der Waals surface area contributed by atoms with Crippen molar-refractivity contribution in [2.24, 2.45) is 0 Å². The molecule has 0 spiro atoms. The molecule has 0 aliphatic rings. The van der Waals surface area contributed by atoms with Crippen LogP contribution >= 0.6 is 0 Å². The monoisotopic (exact) mass is 361 g/mol. The van der Waals surface area contributed by atoms with Gasteiger partial charge in [0.05, 0.1) is 0 Å². The summed E-state index contributed by atoms with van der Waals surface area (Å²) in [4.78, 5) is 21.9. The number of carboxylic acids is 1. The minimum atomic E-state index is -1.04. The van der Waals surface area contributed by atoms with E-state index in [0.29, 0.717) is 0 Å². The molecule has 0 bridgehead atoms. The number of carbonyl (C=O) groups excluding carboxylic acids is 1. The van der Waals surface area contributed by atoms with Crippen LogP contribution in [0.2, 0.25) is 0 Å². The van der Waals surface area contributed by atoms with Gasteiger partial charge in [0.25, 0.3) is 0 Å². The first-order valence-corrected chi connectivity index (χ1v) is 9.32. The zero-order valence-electron chi connectivity index (χ0n) is 17.0. The largest absolute Gasteiger partial charge is 0.480 e. The molecule has 4 heteroatoms. The highest BCUT2D eigenvalue weighted by Gasteiger charge is 2.01. The Kier molecular flexibility index (Phi) is 13.0. The van der Waals surface area contributed by atoms with Gasteiger partial charge in [0.2, 0.25) is 5.91 Å². The van der Waals surface area contributed by atoms with Gasteiger partial charge >= 0.3 is 5.97 Å².